The summed E-state index contributed by atoms with van der Waals surface area (Å²) in [5, 5.41) is 0. The monoisotopic (exact) mass is 325 g/mol. The van der Waals surface area contributed by atoms with Crippen LogP contribution in [0.25, 0.3) is 0 Å². The minimum atomic E-state index is -0.977. The molecule has 0 saturated carbocycles. The number of aromatic nitrogens is 1. The Morgan fingerprint density at radius 1 is 0.826 bits per heavy atom. The number of hydrogen-bond donors (Lipinski definition) is 0. The third-order valence-electron chi connectivity index (χ3n) is 2.73. The number of rotatable bonds is 8. The van der Waals surface area contributed by atoms with Crippen LogP contribution in [0.4, 0.5) is 0 Å². The quantitative estimate of drug-likeness (QED) is 0.397. The van der Waals surface area contributed by atoms with Gasteiger partial charge in [-0.3, -0.25) is 4.98 Å². The van der Waals surface area contributed by atoms with Gasteiger partial charge in [0.25, 0.3) is 0 Å². The predicted molar refractivity (Wildman–Crippen MR) is 89.4 cm³/mol. The van der Waals surface area contributed by atoms with Crippen molar-refractivity contribution in [2.75, 3.05) is 0 Å². The molecule has 5 nitrogen and oxygen atoms in total. The van der Waals surface area contributed by atoms with E-state index in [-0.39, 0.29) is 0 Å². The Balaban J connectivity index is 2.58. The summed E-state index contributed by atoms with van der Waals surface area (Å²) < 4.78 is 0. The van der Waals surface area contributed by atoms with Gasteiger partial charge >= 0.3 is 0 Å². The molecule has 0 saturated heterocycles. The van der Waals surface area contributed by atoms with Crippen LogP contribution in [0.3, 0.4) is 0 Å². The van der Waals surface area contributed by atoms with E-state index in [0.717, 1.165) is 18.5 Å². The highest BCUT2D eigenvalue weighted by atomic mass is 17.3. The normalized spacial score (nSPS) is 13.3. The molecule has 1 aromatic rings. The van der Waals surface area contributed by atoms with Crippen LogP contribution < -0.4 is 0 Å². The Kier molecular flexibility index (Phi) is 7.14. The molecular formula is C18H31NO4. The van der Waals surface area contributed by atoms with Gasteiger partial charge in [-0.1, -0.05) is 6.07 Å². The average Bonchev–Trinajstić information content (AvgIpc) is 2.43. The first-order valence-corrected chi connectivity index (χ1v) is 8.13. The van der Waals surface area contributed by atoms with E-state index in [1.54, 1.807) is 6.20 Å². The van der Waals surface area contributed by atoms with Crippen molar-refractivity contribution in [2.24, 2.45) is 0 Å². The first-order valence-electron chi connectivity index (χ1n) is 8.13. The summed E-state index contributed by atoms with van der Waals surface area (Å²) in [4.78, 5) is 26.3. The summed E-state index contributed by atoms with van der Waals surface area (Å²) in [6.07, 6.45) is 4.10. The summed E-state index contributed by atoms with van der Waals surface area (Å²) in [7, 11) is 0. The zero-order valence-corrected chi connectivity index (χ0v) is 15.5. The Morgan fingerprint density at radius 2 is 1.39 bits per heavy atom. The fourth-order valence-electron chi connectivity index (χ4n) is 1.66. The number of hydrogen-bond acceptors (Lipinski definition) is 5. The molecule has 0 aliphatic heterocycles. The van der Waals surface area contributed by atoms with Crippen LogP contribution in [0.15, 0.2) is 24.4 Å². The first kappa shape index (κ1) is 20.0. The second-order valence-corrected chi connectivity index (χ2v) is 7.87. The maximum atomic E-state index is 5.56. The molecule has 0 N–H and O–H groups in total. The van der Waals surface area contributed by atoms with E-state index in [2.05, 4.69) is 4.98 Å². The molecule has 0 spiro atoms. The van der Waals surface area contributed by atoms with E-state index in [1.807, 2.05) is 66.7 Å². The van der Waals surface area contributed by atoms with Crippen molar-refractivity contribution in [1.82, 2.24) is 4.98 Å². The third kappa shape index (κ3) is 9.66. The van der Waals surface area contributed by atoms with Gasteiger partial charge in [0, 0.05) is 18.3 Å². The summed E-state index contributed by atoms with van der Waals surface area (Å²) in [5.74, 6) is -0.977. The molecular weight excluding hydrogens is 294 g/mol. The molecule has 0 bridgehead atoms. The topological polar surface area (TPSA) is 49.8 Å². The van der Waals surface area contributed by atoms with Crippen molar-refractivity contribution >= 4 is 0 Å². The zero-order valence-electron chi connectivity index (χ0n) is 15.5. The van der Waals surface area contributed by atoms with Crippen molar-refractivity contribution in [3.63, 3.8) is 0 Å². The fraction of sp³-hybridized carbons (Fsp3) is 0.722. The SMILES string of the molecule is CC(C)(C)OOC(C)(CCCc1ccccn1)OOC(C)(C)C. The molecule has 0 aliphatic rings. The van der Waals surface area contributed by atoms with E-state index in [1.165, 1.54) is 0 Å². The largest absolute Gasteiger partial charge is 0.261 e. The highest BCUT2D eigenvalue weighted by molar-refractivity contribution is 5.03. The van der Waals surface area contributed by atoms with Crippen LogP contribution in [0.2, 0.25) is 0 Å². The number of pyridine rings is 1. The smallest absolute Gasteiger partial charge is 0.231 e. The fourth-order valence-corrected chi connectivity index (χ4v) is 1.66. The lowest BCUT2D eigenvalue weighted by atomic mass is 10.1. The lowest BCUT2D eigenvalue weighted by molar-refractivity contribution is -0.537. The van der Waals surface area contributed by atoms with Crippen molar-refractivity contribution in [2.45, 2.75) is 84.7 Å². The average molecular weight is 325 g/mol. The Hall–Kier alpha value is -1.01. The molecule has 5 heteroatoms. The highest BCUT2D eigenvalue weighted by Crippen LogP contribution is 2.26. The molecule has 1 aromatic heterocycles. The molecule has 0 unspecified atom stereocenters. The molecule has 0 atom stereocenters. The Morgan fingerprint density at radius 3 is 1.83 bits per heavy atom. The molecule has 0 radical (unpaired) electrons. The lowest BCUT2D eigenvalue weighted by Crippen LogP contribution is -2.38. The summed E-state index contributed by atoms with van der Waals surface area (Å²) in [6, 6.07) is 5.91. The standard InChI is InChI=1S/C18H31NO4/c1-16(2,3)20-22-18(7,23-21-17(4,5)6)13-10-12-15-11-8-9-14-19-15/h8-9,11,14H,10,12-13H2,1-7H3. The second-order valence-electron chi connectivity index (χ2n) is 7.87. The molecule has 0 aliphatic carbocycles. The molecule has 23 heavy (non-hydrogen) atoms. The minimum absolute atomic E-state index is 0.423. The summed E-state index contributed by atoms with van der Waals surface area (Å²) in [5.41, 5.74) is 0.198. The molecule has 132 valence electrons. The van der Waals surface area contributed by atoms with Gasteiger partial charge in [-0.2, -0.15) is 9.78 Å². The lowest BCUT2D eigenvalue weighted by Gasteiger charge is -2.32. The van der Waals surface area contributed by atoms with Gasteiger partial charge in [-0.15, -0.1) is 0 Å². The predicted octanol–water partition coefficient (Wildman–Crippen LogP) is 4.61. The molecule has 0 aromatic carbocycles. The van der Waals surface area contributed by atoms with Crippen LogP contribution in [0.1, 0.15) is 67.0 Å². The van der Waals surface area contributed by atoms with E-state index in [0.29, 0.717) is 6.42 Å². The van der Waals surface area contributed by atoms with Gasteiger partial charge in [0.1, 0.15) is 0 Å². The summed E-state index contributed by atoms with van der Waals surface area (Å²) >= 11 is 0. The zero-order chi connectivity index (χ0) is 17.6. The van der Waals surface area contributed by atoms with Crippen LogP contribution in [-0.4, -0.2) is 22.0 Å². The minimum Gasteiger partial charge on any atom is -0.261 e. The molecule has 0 amide bonds. The maximum Gasteiger partial charge on any atom is 0.231 e. The van der Waals surface area contributed by atoms with Gasteiger partial charge in [-0.25, -0.2) is 9.78 Å². The van der Waals surface area contributed by atoms with Crippen LogP contribution in [0, 0.1) is 0 Å². The molecule has 1 rings (SSSR count). The van der Waals surface area contributed by atoms with E-state index < -0.39 is 17.0 Å². The molecule has 0 fully saturated rings. The van der Waals surface area contributed by atoms with E-state index in [9.17, 15) is 0 Å². The Labute approximate surface area is 140 Å². The highest BCUT2D eigenvalue weighted by Gasteiger charge is 2.33. The van der Waals surface area contributed by atoms with Crippen molar-refractivity contribution < 1.29 is 19.6 Å². The van der Waals surface area contributed by atoms with Gasteiger partial charge in [-0.05, 0) is 73.4 Å². The van der Waals surface area contributed by atoms with Gasteiger partial charge in [0.05, 0.1) is 11.2 Å². The van der Waals surface area contributed by atoms with Crippen molar-refractivity contribution in [3.05, 3.63) is 30.1 Å². The maximum absolute atomic E-state index is 5.56. The van der Waals surface area contributed by atoms with Crippen molar-refractivity contribution in [1.29, 1.82) is 0 Å². The van der Waals surface area contributed by atoms with Crippen LogP contribution in [-0.2, 0) is 26.0 Å². The van der Waals surface area contributed by atoms with Crippen molar-refractivity contribution in [3.8, 4) is 0 Å². The van der Waals surface area contributed by atoms with Crippen LogP contribution >= 0.6 is 0 Å². The first-order chi connectivity index (χ1) is 10.5. The van der Waals surface area contributed by atoms with E-state index in [4.69, 9.17) is 19.6 Å². The van der Waals surface area contributed by atoms with Gasteiger partial charge < -0.3 is 0 Å². The molecule has 1 heterocycles. The van der Waals surface area contributed by atoms with Crippen LogP contribution in [0.5, 0.6) is 0 Å². The second kappa shape index (κ2) is 8.20. The third-order valence-corrected chi connectivity index (χ3v) is 2.73. The van der Waals surface area contributed by atoms with Gasteiger partial charge in [0.15, 0.2) is 0 Å². The Bertz CT molecular complexity index is 430. The number of nitrogens with zero attached hydrogens (tertiary/aromatic N) is 1. The summed E-state index contributed by atoms with van der Waals surface area (Å²) in [6.45, 7) is 13.4. The van der Waals surface area contributed by atoms with E-state index >= 15 is 0 Å². The van der Waals surface area contributed by atoms with Gasteiger partial charge in [0.2, 0.25) is 5.79 Å². The number of aryl methyl sites for hydroxylation is 1.